The summed E-state index contributed by atoms with van der Waals surface area (Å²) in [6.07, 6.45) is 1.40. The van der Waals surface area contributed by atoms with Gasteiger partial charge in [0.25, 0.3) is 0 Å². The van der Waals surface area contributed by atoms with Crippen LogP contribution in [0.3, 0.4) is 0 Å². The summed E-state index contributed by atoms with van der Waals surface area (Å²) in [5.74, 6) is -0.859. The van der Waals surface area contributed by atoms with Crippen molar-refractivity contribution in [1.82, 2.24) is 15.0 Å². The Bertz CT molecular complexity index is 371. The highest BCUT2D eigenvalue weighted by Gasteiger charge is 2.26. The van der Waals surface area contributed by atoms with E-state index in [9.17, 15) is 9.90 Å². The number of hydrogen-bond acceptors (Lipinski definition) is 4. The van der Waals surface area contributed by atoms with Crippen LogP contribution in [0.25, 0.3) is 0 Å². The lowest BCUT2D eigenvalue weighted by Crippen LogP contribution is -2.36. The Morgan fingerprint density at radius 2 is 2.25 bits per heavy atom. The lowest BCUT2D eigenvalue weighted by molar-refractivity contribution is -0.136. The largest absolute Gasteiger partial charge is 0.481 e. The van der Waals surface area contributed by atoms with Crippen LogP contribution in [0.2, 0.25) is 0 Å². The molecule has 0 radical (unpaired) electrons. The van der Waals surface area contributed by atoms with Gasteiger partial charge < -0.3 is 10.2 Å². The fraction of sp³-hybridized carbons (Fsp3) is 0.700. The van der Waals surface area contributed by atoms with Crippen molar-refractivity contribution >= 4 is 5.97 Å². The average Bonchev–Trinajstić information content (AvgIpc) is 2.50. The van der Waals surface area contributed by atoms with Gasteiger partial charge in [-0.15, -0.1) is 5.10 Å². The lowest BCUT2D eigenvalue weighted by Gasteiger charge is -2.26. The molecule has 0 aliphatic carbocycles. The second kappa shape index (κ2) is 4.61. The average molecular weight is 227 g/mol. The van der Waals surface area contributed by atoms with E-state index in [1.165, 1.54) is 4.68 Å². The maximum Gasteiger partial charge on any atom is 0.309 e. The first kappa shape index (κ1) is 12.6. The maximum atomic E-state index is 10.4. The third-order valence-corrected chi connectivity index (χ3v) is 2.64. The number of aliphatic carboxylic acids is 1. The van der Waals surface area contributed by atoms with E-state index < -0.39 is 11.6 Å². The highest BCUT2D eigenvalue weighted by Crippen LogP contribution is 2.17. The minimum Gasteiger partial charge on any atom is -0.481 e. The van der Waals surface area contributed by atoms with E-state index in [0.717, 1.165) is 0 Å². The highest BCUT2D eigenvalue weighted by atomic mass is 16.4. The molecular weight excluding hydrogens is 210 g/mol. The predicted octanol–water partition coefficient (Wildman–Crippen LogP) is 0.312. The van der Waals surface area contributed by atoms with Gasteiger partial charge >= 0.3 is 5.97 Å². The number of hydrogen-bond donors (Lipinski definition) is 2. The quantitative estimate of drug-likeness (QED) is 0.756. The normalized spacial score (nSPS) is 15.1. The van der Waals surface area contributed by atoms with Gasteiger partial charge in [-0.3, -0.25) is 4.79 Å². The fourth-order valence-electron chi connectivity index (χ4n) is 1.16. The molecule has 0 aliphatic heterocycles. The molecule has 6 nitrogen and oxygen atoms in total. The van der Waals surface area contributed by atoms with E-state index in [2.05, 4.69) is 10.3 Å². The first-order chi connectivity index (χ1) is 7.31. The minimum atomic E-state index is -0.942. The standard InChI is InChI=1S/C10H17N3O3/c1-7(2)10(3,16)6-13-5-8(11-12-13)4-9(14)15/h5,7,16H,4,6H2,1-3H3,(H,14,15). The summed E-state index contributed by atoms with van der Waals surface area (Å²) in [5.41, 5.74) is -0.485. The first-order valence-corrected chi connectivity index (χ1v) is 5.14. The summed E-state index contributed by atoms with van der Waals surface area (Å²) in [4.78, 5) is 10.4. The zero-order valence-electron chi connectivity index (χ0n) is 9.71. The number of carboxylic acids is 1. The van der Waals surface area contributed by atoms with E-state index in [4.69, 9.17) is 5.11 Å². The third-order valence-electron chi connectivity index (χ3n) is 2.64. The Morgan fingerprint density at radius 1 is 1.62 bits per heavy atom. The molecule has 0 aliphatic rings. The number of nitrogens with zero attached hydrogens (tertiary/aromatic N) is 3. The Hall–Kier alpha value is -1.43. The lowest BCUT2D eigenvalue weighted by atomic mass is 9.93. The maximum absolute atomic E-state index is 10.4. The number of carbonyl (C=O) groups is 1. The molecule has 0 fully saturated rings. The van der Waals surface area contributed by atoms with Crippen LogP contribution >= 0.6 is 0 Å². The van der Waals surface area contributed by atoms with Crippen molar-refractivity contribution < 1.29 is 15.0 Å². The molecule has 1 unspecified atom stereocenters. The van der Waals surface area contributed by atoms with Crippen molar-refractivity contribution in [2.45, 2.75) is 39.3 Å². The summed E-state index contributed by atoms with van der Waals surface area (Å²) >= 11 is 0. The van der Waals surface area contributed by atoms with Gasteiger partial charge in [0.05, 0.1) is 24.3 Å². The van der Waals surface area contributed by atoms with Gasteiger partial charge in [-0.05, 0) is 12.8 Å². The van der Waals surface area contributed by atoms with Crippen LogP contribution in [0.4, 0.5) is 0 Å². The Morgan fingerprint density at radius 3 is 2.75 bits per heavy atom. The van der Waals surface area contributed by atoms with Crippen LogP contribution in [0.15, 0.2) is 6.20 Å². The number of aromatic nitrogens is 3. The van der Waals surface area contributed by atoms with E-state index in [1.54, 1.807) is 13.1 Å². The van der Waals surface area contributed by atoms with Crippen molar-refractivity contribution in [1.29, 1.82) is 0 Å². The second-order valence-corrected chi connectivity index (χ2v) is 4.49. The van der Waals surface area contributed by atoms with E-state index in [1.807, 2.05) is 13.8 Å². The molecule has 0 saturated heterocycles. The highest BCUT2D eigenvalue weighted by molar-refractivity contribution is 5.69. The molecule has 6 heteroatoms. The summed E-state index contributed by atoms with van der Waals surface area (Å²) < 4.78 is 1.47. The monoisotopic (exact) mass is 227 g/mol. The topological polar surface area (TPSA) is 88.2 Å². The zero-order chi connectivity index (χ0) is 12.3. The molecular formula is C10H17N3O3. The van der Waals surface area contributed by atoms with Gasteiger partial charge in [-0.25, -0.2) is 4.68 Å². The second-order valence-electron chi connectivity index (χ2n) is 4.49. The van der Waals surface area contributed by atoms with Gasteiger partial charge in [0.1, 0.15) is 0 Å². The zero-order valence-corrected chi connectivity index (χ0v) is 9.71. The molecule has 0 spiro atoms. The molecule has 1 aromatic rings. The van der Waals surface area contributed by atoms with Crippen LogP contribution in [0.1, 0.15) is 26.5 Å². The van der Waals surface area contributed by atoms with Crippen LogP contribution in [0.5, 0.6) is 0 Å². The Balaban J connectivity index is 2.68. The summed E-state index contributed by atoms with van der Waals surface area (Å²) in [6, 6.07) is 0. The number of aliphatic hydroxyl groups is 1. The summed E-state index contributed by atoms with van der Waals surface area (Å²) in [7, 11) is 0. The van der Waals surface area contributed by atoms with Gasteiger partial charge in [0.15, 0.2) is 0 Å². The smallest absolute Gasteiger partial charge is 0.309 e. The number of rotatable bonds is 5. The Kier molecular flexibility index (Phi) is 3.64. The molecule has 0 aromatic carbocycles. The summed E-state index contributed by atoms with van der Waals surface area (Å²) in [6.45, 7) is 5.84. The van der Waals surface area contributed by atoms with Crippen LogP contribution < -0.4 is 0 Å². The van der Waals surface area contributed by atoms with E-state index >= 15 is 0 Å². The molecule has 90 valence electrons. The van der Waals surface area contributed by atoms with Gasteiger partial charge in [-0.2, -0.15) is 0 Å². The molecule has 0 bridgehead atoms. The third kappa shape index (κ3) is 3.30. The molecule has 0 saturated carbocycles. The SMILES string of the molecule is CC(C)C(C)(O)Cn1cc(CC(=O)O)nn1. The summed E-state index contributed by atoms with van der Waals surface area (Å²) in [5, 5.41) is 26.1. The molecule has 1 rings (SSSR count). The molecule has 1 atom stereocenters. The molecule has 16 heavy (non-hydrogen) atoms. The molecule has 2 N–H and O–H groups in total. The fourth-order valence-corrected chi connectivity index (χ4v) is 1.16. The molecule has 0 amide bonds. The van der Waals surface area contributed by atoms with Gasteiger partial charge in [0.2, 0.25) is 0 Å². The number of carboxylic acid groups (broad SMARTS) is 1. The van der Waals surface area contributed by atoms with Gasteiger partial charge in [0, 0.05) is 6.20 Å². The van der Waals surface area contributed by atoms with Crippen molar-refractivity contribution in [2.75, 3.05) is 0 Å². The predicted molar refractivity (Wildman–Crippen MR) is 56.8 cm³/mol. The van der Waals surface area contributed by atoms with Crippen molar-refractivity contribution in [3.63, 3.8) is 0 Å². The van der Waals surface area contributed by atoms with E-state index in [0.29, 0.717) is 12.2 Å². The van der Waals surface area contributed by atoms with Crippen molar-refractivity contribution in [3.8, 4) is 0 Å². The van der Waals surface area contributed by atoms with Crippen LogP contribution in [0, 0.1) is 5.92 Å². The minimum absolute atomic E-state index is 0.0830. The molecule has 1 heterocycles. The van der Waals surface area contributed by atoms with Crippen LogP contribution in [-0.4, -0.2) is 36.8 Å². The molecule has 1 aromatic heterocycles. The van der Waals surface area contributed by atoms with Crippen molar-refractivity contribution in [2.24, 2.45) is 5.92 Å². The van der Waals surface area contributed by atoms with Gasteiger partial charge in [-0.1, -0.05) is 19.1 Å². The van der Waals surface area contributed by atoms with E-state index in [-0.39, 0.29) is 12.3 Å². The van der Waals surface area contributed by atoms with Crippen molar-refractivity contribution in [3.05, 3.63) is 11.9 Å². The first-order valence-electron chi connectivity index (χ1n) is 5.14. The Labute approximate surface area is 93.9 Å². The van der Waals surface area contributed by atoms with Crippen LogP contribution in [-0.2, 0) is 17.8 Å².